The Bertz CT molecular complexity index is 541. The van der Waals surface area contributed by atoms with Crippen LogP contribution in [-0.2, 0) is 6.54 Å². The molecule has 3 rings (SSSR count). The third-order valence-electron chi connectivity index (χ3n) is 4.12. The summed E-state index contributed by atoms with van der Waals surface area (Å²) < 4.78 is 7.75. The molecule has 2 aromatic rings. The fourth-order valence-electron chi connectivity index (χ4n) is 3.03. The smallest absolute Gasteiger partial charge is 0.128 e. The molecular weight excluding hydrogens is 236 g/mol. The van der Waals surface area contributed by atoms with E-state index in [0.717, 1.165) is 12.3 Å². The van der Waals surface area contributed by atoms with Crippen molar-refractivity contribution in [1.82, 2.24) is 9.88 Å². The Hall–Kier alpha value is -1.48. The van der Waals surface area contributed by atoms with Gasteiger partial charge in [0.1, 0.15) is 5.75 Å². The van der Waals surface area contributed by atoms with E-state index in [-0.39, 0.29) is 0 Å². The highest BCUT2D eigenvalue weighted by Crippen LogP contribution is 2.26. The molecule has 0 saturated carbocycles. The minimum atomic E-state index is 0.691. The van der Waals surface area contributed by atoms with E-state index in [0.29, 0.717) is 6.04 Å². The molecule has 3 heteroatoms. The van der Waals surface area contributed by atoms with Gasteiger partial charge in [0.15, 0.2) is 0 Å². The maximum atomic E-state index is 5.41. The monoisotopic (exact) mass is 258 g/mol. The highest BCUT2D eigenvalue weighted by atomic mass is 16.5. The maximum Gasteiger partial charge on any atom is 0.128 e. The van der Waals surface area contributed by atoms with E-state index in [2.05, 4.69) is 34.3 Å². The molecule has 102 valence electrons. The molecule has 1 atom stereocenters. The summed E-state index contributed by atoms with van der Waals surface area (Å²) >= 11 is 0. The van der Waals surface area contributed by atoms with Crippen LogP contribution in [0, 0.1) is 0 Å². The summed E-state index contributed by atoms with van der Waals surface area (Å²) in [6.07, 6.45) is 7.41. The van der Waals surface area contributed by atoms with Crippen LogP contribution in [0.25, 0.3) is 10.9 Å². The Kier molecular flexibility index (Phi) is 3.74. The van der Waals surface area contributed by atoms with Gasteiger partial charge in [-0.1, -0.05) is 12.5 Å². The van der Waals surface area contributed by atoms with E-state index >= 15 is 0 Å². The zero-order valence-corrected chi connectivity index (χ0v) is 11.6. The highest BCUT2D eigenvalue weighted by Gasteiger charge is 2.13. The predicted molar refractivity (Wildman–Crippen MR) is 78.7 cm³/mol. The number of rotatable bonds is 4. The Balaban J connectivity index is 1.74. The van der Waals surface area contributed by atoms with Crippen LogP contribution >= 0.6 is 0 Å². The zero-order chi connectivity index (χ0) is 13.1. The lowest BCUT2D eigenvalue weighted by Gasteiger charge is -2.23. The standard InChI is InChI=1S/C16H22N2O/c1-19-16-7-4-6-15-14(16)9-12-18(15)11-8-13-5-2-3-10-17-13/h4,6-7,9,12-13,17H,2-3,5,8,10-11H2,1H3. The second-order valence-corrected chi connectivity index (χ2v) is 5.34. The molecule has 1 aromatic heterocycles. The van der Waals surface area contributed by atoms with Gasteiger partial charge >= 0.3 is 0 Å². The molecule has 1 aromatic carbocycles. The molecule has 2 heterocycles. The fourth-order valence-corrected chi connectivity index (χ4v) is 3.03. The van der Waals surface area contributed by atoms with Crippen molar-refractivity contribution in [3.8, 4) is 5.75 Å². The Morgan fingerprint density at radius 1 is 1.32 bits per heavy atom. The molecule has 0 amide bonds. The SMILES string of the molecule is COc1cccc2c1ccn2CCC1CCCCN1. The van der Waals surface area contributed by atoms with Crippen molar-refractivity contribution in [2.45, 2.75) is 38.3 Å². The molecule has 0 spiro atoms. The molecule has 1 saturated heterocycles. The van der Waals surface area contributed by atoms with Gasteiger partial charge in [-0.05, 0) is 44.0 Å². The van der Waals surface area contributed by atoms with Crippen molar-refractivity contribution >= 4 is 10.9 Å². The third kappa shape index (κ3) is 2.61. The van der Waals surface area contributed by atoms with Crippen molar-refractivity contribution in [2.24, 2.45) is 0 Å². The quantitative estimate of drug-likeness (QED) is 0.911. The lowest BCUT2D eigenvalue weighted by atomic mass is 10.0. The number of methoxy groups -OCH3 is 1. The number of aromatic nitrogens is 1. The molecule has 0 bridgehead atoms. The lowest BCUT2D eigenvalue weighted by Crippen LogP contribution is -2.34. The van der Waals surface area contributed by atoms with Crippen LogP contribution in [-0.4, -0.2) is 24.3 Å². The molecule has 1 aliphatic rings. The number of nitrogens with zero attached hydrogens (tertiary/aromatic N) is 1. The van der Waals surface area contributed by atoms with Gasteiger partial charge in [0.25, 0.3) is 0 Å². The van der Waals surface area contributed by atoms with Crippen molar-refractivity contribution in [3.05, 3.63) is 30.5 Å². The fraction of sp³-hybridized carbons (Fsp3) is 0.500. The topological polar surface area (TPSA) is 26.2 Å². The maximum absolute atomic E-state index is 5.41. The minimum Gasteiger partial charge on any atom is -0.496 e. The van der Waals surface area contributed by atoms with Crippen molar-refractivity contribution < 1.29 is 4.74 Å². The van der Waals surface area contributed by atoms with Gasteiger partial charge in [0.2, 0.25) is 0 Å². The lowest BCUT2D eigenvalue weighted by molar-refractivity contribution is 0.368. The van der Waals surface area contributed by atoms with Crippen molar-refractivity contribution in [2.75, 3.05) is 13.7 Å². The van der Waals surface area contributed by atoms with Gasteiger partial charge in [-0.25, -0.2) is 0 Å². The van der Waals surface area contributed by atoms with Crippen LogP contribution in [0.1, 0.15) is 25.7 Å². The first-order valence-electron chi connectivity index (χ1n) is 7.24. The average molecular weight is 258 g/mol. The largest absolute Gasteiger partial charge is 0.496 e. The molecule has 1 unspecified atom stereocenters. The van der Waals surface area contributed by atoms with Crippen LogP contribution in [0.4, 0.5) is 0 Å². The van der Waals surface area contributed by atoms with E-state index < -0.39 is 0 Å². The van der Waals surface area contributed by atoms with Crippen LogP contribution in [0.3, 0.4) is 0 Å². The van der Waals surface area contributed by atoms with E-state index in [9.17, 15) is 0 Å². The van der Waals surface area contributed by atoms with Gasteiger partial charge in [-0.2, -0.15) is 0 Å². The molecule has 1 fully saturated rings. The first kappa shape index (κ1) is 12.5. The molecule has 1 aliphatic heterocycles. The number of hydrogen-bond donors (Lipinski definition) is 1. The molecule has 1 N–H and O–H groups in total. The summed E-state index contributed by atoms with van der Waals surface area (Å²) in [4.78, 5) is 0. The van der Waals surface area contributed by atoms with E-state index in [1.165, 1.54) is 43.1 Å². The average Bonchev–Trinajstić information content (AvgIpc) is 2.89. The van der Waals surface area contributed by atoms with Crippen LogP contribution in [0.15, 0.2) is 30.5 Å². The third-order valence-corrected chi connectivity index (χ3v) is 4.12. The zero-order valence-electron chi connectivity index (χ0n) is 11.6. The normalized spacial score (nSPS) is 19.7. The highest BCUT2D eigenvalue weighted by molar-refractivity contribution is 5.86. The molecule has 0 radical (unpaired) electrons. The Morgan fingerprint density at radius 3 is 3.05 bits per heavy atom. The van der Waals surface area contributed by atoms with Gasteiger partial charge in [0, 0.05) is 24.2 Å². The number of fused-ring (bicyclic) bond motifs is 1. The molecule has 19 heavy (non-hydrogen) atoms. The second kappa shape index (κ2) is 5.66. The van der Waals surface area contributed by atoms with Crippen molar-refractivity contribution in [1.29, 1.82) is 0 Å². The minimum absolute atomic E-state index is 0.691. The summed E-state index contributed by atoms with van der Waals surface area (Å²) in [6.45, 7) is 2.26. The molecule has 3 nitrogen and oxygen atoms in total. The van der Waals surface area contributed by atoms with Gasteiger partial charge in [-0.15, -0.1) is 0 Å². The summed E-state index contributed by atoms with van der Waals surface area (Å²) in [5, 5.41) is 4.82. The summed E-state index contributed by atoms with van der Waals surface area (Å²) in [6, 6.07) is 9.11. The van der Waals surface area contributed by atoms with Gasteiger partial charge in [0.05, 0.1) is 12.6 Å². The van der Waals surface area contributed by atoms with E-state index in [4.69, 9.17) is 4.74 Å². The Morgan fingerprint density at radius 2 is 2.26 bits per heavy atom. The molecular formula is C16H22N2O. The van der Waals surface area contributed by atoms with Crippen LogP contribution in [0.2, 0.25) is 0 Å². The first-order chi connectivity index (χ1) is 9.38. The van der Waals surface area contributed by atoms with Crippen LogP contribution < -0.4 is 10.1 Å². The van der Waals surface area contributed by atoms with E-state index in [1.54, 1.807) is 7.11 Å². The Labute approximate surface area is 114 Å². The number of benzene rings is 1. The molecule has 0 aliphatic carbocycles. The van der Waals surface area contributed by atoms with E-state index in [1.807, 2.05) is 6.07 Å². The first-order valence-corrected chi connectivity index (χ1v) is 7.24. The number of aryl methyl sites for hydroxylation is 1. The summed E-state index contributed by atoms with van der Waals surface area (Å²) in [5.74, 6) is 0.965. The number of piperidine rings is 1. The number of ether oxygens (including phenoxy) is 1. The summed E-state index contributed by atoms with van der Waals surface area (Å²) in [5.41, 5.74) is 1.27. The van der Waals surface area contributed by atoms with Gasteiger partial charge in [-0.3, -0.25) is 0 Å². The van der Waals surface area contributed by atoms with Crippen molar-refractivity contribution in [3.63, 3.8) is 0 Å². The second-order valence-electron chi connectivity index (χ2n) is 5.34. The number of nitrogens with one attached hydrogen (secondary N) is 1. The van der Waals surface area contributed by atoms with Gasteiger partial charge < -0.3 is 14.6 Å². The van der Waals surface area contributed by atoms with Crippen LogP contribution in [0.5, 0.6) is 5.75 Å². The number of hydrogen-bond acceptors (Lipinski definition) is 2. The summed E-state index contributed by atoms with van der Waals surface area (Å²) in [7, 11) is 1.73. The predicted octanol–water partition coefficient (Wildman–Crippen LogP) is 3.18.